The third-order valence-corrected chi connectivity index (χ3v) is 5.17. The molecule has 114 valence electrons. The smallest absolute Gasteiger partial charge is 0.250 e. The Morgan fingerprint density at radius 3 is 2.81 bits per heavy atom. The maximum absolute atomic E-state index is 12.2. The Balaban J connectivity index is 2.00. The summed E-state index contributed by atoms with van der Waals surface area (Å²) in [6, 6.07) is 7.16. The van der Waals surface area contributed by atoms with Crippen molar-refractivity contribution in [2.24, 2.45) is 5.73 Å². The molecule has 2 atom stereocenters. The first kappa shape index (κ1) is 15.9. The van der Waals surface area contributed by atoms with Crippen LogP contribution in [0.15, 0.2) is 24.3 Å². The van der Waals surface area contributed by atoms with E-state index in [0.29, 0.717) is 29.1 Å². The Morgan fingerprint density at radius 2 is 2.10 bits per heavy atom. The maximum Gasteiger partial charge on any atom is 0.250 e. The topological polar surface area (TPSA) is 75.4 Å². The van der Waals surface area contributed by atoms with E-state index in [1.54, 1.807) is 24.3 Å². The van der Waals surface area contributed by atoms with Gasteiger partial charge in [0, 0.05) is 23.6 Å². The molecule has 1 aromatic carbocycles. The predicted molar refractivity (Wildman–Crippen MR) is 86.5 cm³/mol. The van der Waals surface area contributed by atoms with E-state index in [1.165, 1.54) is 0 Å². The summed E-state index contributed by atoms with van der Waals surface area (Å²) in [5.74, 6) is 0.383. The zero-order valence-electron chi connectivity index (χ0n) is 12.3. The minimum absolute atomic E-state index is 0.116. The lowest BCUT2D eigenvalue weighted by Crippen LogP contribution is -2.47. The fourth-order valence-electron chi connectivity index (χ4n) is 2.40. The molecule has 1 heterocycles. The highest BCUT2D eigenvalue weighted by Crippen LogP contribution is 2.24. The molecule has 0 radical (unpaired) electrons. The van der Waals surface area contributed by atoms with Gasteiger partial charge in [-0.3, -0.25) is 14.5 Å². The molecule has 0 bridgehead atoms. The number of thioether (sulfide) groups is 1. The van der Waals surface area contributed by atoms with Gasteiger partial charge >= 0.3 is 0 Å². The Kier molecular flexibility index (Phi) is 5.25. The van der Waals surface area contributed by atoms with Crippen molar-refractivity contribution in [3.8, 4) is 0 Å². The SMILES string of the molecule is CC1SCCN(CC(=O)Nc2ccccc2C(N)=O)C1C. The molecule has 1 aliphatic heterocycles. The summed E-state index contributed by atoms with van der Waals surface area (Å²) in [5.41, 5.74) is 6.12. The summed E-state index contributed by atoms with van der Waals surface area (Å²) in [6.45, 7) is 5.56. The van der Waals surface area contributed by atoms with Crippen LogP contribution in [-0.2, 0) is 4.79 Å². The highest BCUT2D eigenvalue weighted by atomic mass is 32.2. The van der Waals surface area contributed by atoms with Crippen molar-refractivity contribution in [1.82, 2.24) is 4.90 Å². The number of nitrogens with zero attached hydrogens (tertiary/aromatic N) is 1. The number of rotatable bonds is 4. The van der Waals surface area contributed by atoms with Crippen LogP contribution in [0.25, 0.3) is 0 Å². The van der Waals surface area contributed by atoms with Crippen LogP contribution in [0.3, 0.4) is 0 Å². The third-order valence-electron chi connectivity index (χ3n) is 3.83. The largest absolute Gasteiger partial charge is 0.366 e. The number of hydrogen-bond acceptors (Lipinski definition) is 4. The normalized spacial score (nSPS) is 22.8. The number of para-hydroxylation sites is 1. The number of hydrogen-bond donors (Lipinski definition) is 2. The molecular formula is C15H21N3O2S. The van der Waals surface area contributed by atoms with Crippen molar-refractivity contribution in [2.45, 2.75) is 25.1 Å². The van der Waals surface area contributed by atoms with Crippen molar-refractivity contribution in [3.05, 3.63) is 29.8 Å². The summed E-state index contributed by atoms with van der Waals surface area (Å²) in [6.07, 6.45) is 0. The van der Waals surface area contributed by atoms with Crippen molar-refractivity contribution >= 4 is 29.3 Å². The molecule has 0 saturated carbocycles. The maximum atomic E-state index is 12.2. The van der Waals surface area contributed by atoms with Gasteiger partial charge in [0.15, 0.2) is 0 Å². The number of nitrogens with one attached hydrogen (secondary N) is 1. The quantitative estimate of drug-likeness (QED) is 0.885. The van der Waals surface area contributed by atoms with E-state index in [4.69, 9.17) is 5.73 Å². The summed E-state index contributed by atoms with van der Waals surface area (Å²) in [4.78, 5) is 25.7. The number of nitrogens with two attached hydrogens (primary N) is 1. The highest BCUT2D eigenvalue weighted by Gasteiger charge is 2.26. The van der Waals surface area contributed by atoms with Crippen molar-refractivity contribution in [1.29, 1.82) is 0 Å². The molecule has 0 aromatic heterocycles. The van der Waals surface area contributed by atoms with Crippen LogP contribution < -0.4 is 11.1 Å². The first-order chi connectivity index (χ1) is 9.99. The first-order valence-corrected chi connectivity index (χ1v) is 8.08. The molecule has 1 fully saturated rings. The molecule has 2 unspecified atom stereocenters. The van der Waals surface area contributed by atoms with Gasteiger partial charge in [0.2, 0.25) is 5.91 Å². The average Bonchev–Trinajstić information content (AvgIpc) is 2.44. The second kappa shape index (κ2) is 6.95. The van der Waals surface area contributed by atoms with E-state index < -0.39 is 5.91 Å². The van der Waals surface area contributed by atoms with Crippen LogP contribution in [-0.4, -0.2) is 46.8 Å². The molecule has 5 nitrogen and oxygen atoms in total. The monoisotopic (exact) mass is 307 g/mol. The average molecular weight is 307 g/mol. The Morgan fingerprint density at radius 1 is 1.38 bits per heavy atom. The summed E-state index contributed by atoms with van der Waals surface area (Å²) in [7, 11) is 0. The minimum Gasteiger partial charge on any atom is -0.366 e. The van der Waals surface area contributed by atoms with Gasteiger partial charge in [0.25, 0.3) is 5.91 Å². The van der Waals surface area contributed by atoms with Crippen molar-refractivity contribution < 1.29 is 9.59 Å². The number of primary amides is 1. The first-order valence-electron chi connectivity index (χ1n) is 7.03. The Bertz CT molecular complexity index is 535. The standard InChI is InChI=1S/C15H21N3O2S/c1-10-11(2)21-8-7-18(10)9-14(19)17-13-6-4-3-5-12(13)15(16)20/h3-6,10-11H,7-9H2,1-2H3,(H2,16,20)(H,17,19). The van der Waals surface area contributed by atoms with E-state index >= 15 is 0 Å². The number of amides is 2. The van der Waals surface area contributed by atoms with Gasteiger partial charge in [-0.25, -0.2) is 0 Å². The number of carbonyl (C=O) groups excluding carboxylic acids is 2. The van der Waals surface area contributed by atoms with Crippen LogP contribution >= 0.6 is 11.8 Å². The molecule has 21 heavy (non-hydrogen) atoms. The summed E-state index contributed by atoms with van der Waals surface area (Å²) in [5, 5.41) is 3.30. The summed E-state index contributed by atoms with van der Waals surface area (Å²) < 4.78 is 0. The molecule has 3 N–H and O–H groups in total. The van der Waals surface area contributed by atoms with Gasteiger partial charge in [0.05, 0.1) is 17.8 Å². The minimum atomic E-state index is -0.540. The lowest BCUT2D eigenvalue weighted by atomic mass is 10.1. The lowest BCUT2D eigenvalue weighted by molar-refractivity contribution is -0.117. The molecule has 1 aliphatic rings. The molecule has 2 rings (SSSR count). The fourth-order valence-corrected chi connectivity index (χ4v) is 3.56. The molecule has 0 aliphatic carbocycles. The van der Waals surface area contributed by atoms with Gasteiger partial charge in [-0.15, -0.1) is 0 Å². The molecule has 2 amide bonds. The molecule has 1 aromatic rings. The number of benzene rings is 1. The van der Waals surface area contributed by atoms with Crippen LogP contribution in [0.4, 0.5) is 5.69 Å². The van der Waals surface area contributed by atoms with Crippen molar-refractivity contribution in [2.75, 3.05) is 24.2 Å². The van der Waals surface area contributed by atoms with E-state index in [2.05, 4.69) is 24.1 Å². The molecular weight excluding hydrogens is 286 g/mol. The third kappa shape index (κ3) is 3.98. The number of carbonyl (C=O) groups is 2. The Labute approximate surface area is 129 Å². The van der Waals surface area contributed by atoms with Gasteiger partial charge in [-0.1, -0.05) is 19.1 Å². The van der Waals surface area contributed by atoms with E-state index in [1.807, 2.05) is 11.8 Å². The molecule has 6 heteroatoms. The van der Waals surface area contributed by atoms with Crippen LogP contribution in [0.5, 0.6) is 0 Å². The zero-order chi connectivity index (χ0) is 15.4. The molecule has 1 saturated heterocycles. The van der Waals surface area contributed by atoms with E-state index in [-0.39, 0.29) is 5.91 Å². The number of anilines is 1. The van der Waals surface area contributed by atoms with Crippen LogP contribution in [0.1, 0.15) is 24.2 Å². The molecule has 0 spiro atoms. The van der Waals surface area contributed by atoms with Gasteiger partial charge < -0.3 is 11.1 Å². The lowest BCUT2D eigenvalue weighted by Gasteiger charge is -2.36. The van der Waals surface area contributed by atoms with Crippen LogP contribution in [0, 0.1) is 0 Å². The zero-order valence-corrected chi connectivity index (χ0v) is 13.2. The van der Waals surface area contributed by atoms with E-state index in [0.717, 1.165) is 12.3 Å². The van der Waals surface area contributed by atoms with Gasteiger partial charge in [0.1, 0.15) is 0 Å². The Hall–Kier alpha value is -1.53. The van der Waals surface area contributed by atoms with Gasteiger partial charge in [-0.2, -0.15) is 11.8 Å². The second-order valence-corrected chi connectivity index (χ2v) is 6.73. The fraction of sp³-hybridized carbons (Fsp3) is 0.467. The van der Waals surface area contributed by atoms with E-state index in [9.17, 15) is 9.59 Å². The van der Waals surface area contributed by atoms with Crippen LogP contribution in [0.2, 0.25) is 0 Å². The highest BCUT2D eigenvalue weighted by molar-refractivity contribution is 8.00. The van der Waals surface area contributed by atoms with Crippen molar-refractivity contribution in [3.63, 3.8) is 0 Å². The second-order valence-electron chi connectivity index (χ2n) is 5.24. The summed E-state index contributed by atoms with van der Waals surface area (Å²) >= 11 is 1.93. The predicted octanol–water partition coefficient (Wildman–Crippen LogP) is 1.55. The van der Waals surface area contributed by atoms with Gasteiger partial charge in [-0.05, 0) is 19.1 Å².